The van der Waals surface area contributed by atoms with E-state index in [1.807, 2.05) is 18.2 Å². The van der Waals surface area contributed by atoms with E-state index in [2.05, 4.69) is 6.92 Å². The van der Waals surface area contributed by atoms with E-state index in [0.29, 0.717) is 0 Å². The summed E-state index contributed by atoms with van der Waals surface area (Å²) in [4.78, 5) is 0. The minimum absolute atomic E-state index is 0.844. The highest BCUT2D eigenvalue weighted by Crippen LogP contribution is 2.34. The highest BCUT2D eigenvalue weighted by molar-refractivity contribution is 7.22. The van der Waals surface area contributed by atoms with E-state index in [1.54, 1.807) is 11.3 Å². The maximum absolute atomic E-state index is 6.08. The van der Waals surface area contributed by atoms with Crippen LogP contribution in [0.15, 0.2) is 18.2 Å². The van der Waals surface area contributed by atoms with Gasteiger partial charge in [0.2, 0.25) is 0 Å². The normalized spacial score (nSPS) is 10.9. The van der Waals surface area contributed by atoms with Crippen LogP contribution in [0.2, 0.25) is 5.02 Å². The van der Waals surface area contributed by atoms with Crippen LogP contribution in [0.3, 0.4) is 0 Å². The van der Waals surface area contributed by atoms with Gasteiger partial charge < -0.3 is 5.73 Å². The van der Waals surface area contributed by atoms with E-state index in [-0.39, 0.29) is 0 Å². The van der Waals surface area contributed by atoms with Gasteiger partial charge in [-0.15, -0.1) is 11.3 Å². The highest BCUT2D eigenvalue weighted by atomic mass is 35.5. The Balaban J connectivity index is 2.82. The molecule has 1 aromatic heterocycles. The molecule has 3 heteroatoms. The Bertz CT molecular complexity index is 447. The predicted molar refractivity (Wildman–Crippen MR) is 60.6 cm³/mol. The van der Waals surface area contributed by atoms with Crippen molar-refractivity contribution < 1.29 is 0 Å². The molecule has 2 aromatic rings. The van der Waals surface area contributed by atoms with Crippen LogP contribution in [0.4, 0.5) is 5.00 Å². The van der Waals surface area contributed by atoms with Crippen LogP contribution in [-0.4, -0.2) is 0 Å². The number of rotatable bonds is 1. The molecule has 0 aliphatic rings. The van der Waals surface area contributed by atoms with Gasteiger partial charge in [0, 0.05) is 9.72 Å². The number of hydrogen-bond donors (Lipinski definition) is 1. The van der Waals surface area contributed by atoms with Crippen molar-refractivity contribution in [2.45, 2.75) is 13.3 Å². The van der Waals surface area contributed by atoms with Crippen molar-refractivity contribution in [2.24, 2.45) is 0 Å². The van der Waals surface area contributed by atoms with Crippen molar-refractivity contribution >= 4 is 38.0 Å². The Kier molecular flexibility index (Phi) is 2.18. The zero-order valence-electron chi connectivity index (χ0n) is 7.30. The molecule has 0 saturated heterocycles. The van der Waals surface area contributed by atoms with E-state index < -0.39 is 0 Å². The third kappa shape index (κ3) is 1.40. The number of benzene rings is 1. The van der Waals surface area contributed by atoms with Crippen molar-refractivity contribution in [3.05, 3.63) is 28.8 Å². The largest absolute Gasteiger partial charge is 0.391 e. The van der Waals surface area contributed by atoms with E-state index in [1.165, 1.54) is 15.6 Å². The number of nitrogen functional groups attached to an aromatic ring is 1. The van der Waals surface area contributed by atoms with Gasteiger partial charge in [0.05, 0.1) is 5.00 Å². The fraction of sp³-hybridized carbons (Fsp3) is 0.200. The van der Waals surface area contributed by atoms with Gasteiger partial charge in [-0.1, -0.05) is 24.6 Å². The van der Waals surface area contributed by atoms with E-state index in [0.717, 1.165) is 16.4 Å². The van der Waals surface area contributed by atoms with Crippen molar-refractivity contribution in [2.75, 3.05) is 5.73 Å². The summed E-state index contributed by atoms with van der Waals surface area (Å²) in [5, 5.41) is 2.90. The first-order chi connectivity index (χ1) is 6.22. The maximum Gasteiger partial charge on any atom is 0.0868 e. The van der Waals surface area contributed by atoms with Gasteiger partial charge in [0.1, 0.15) is 0 Å². The Morgan fingerprint density at radius 2 is 2.23 bits per heavy atom. The number of hydrogen-bond acceptors (Lipinski definition) is 2. The Morgan fingerprint density at radius 3 is 2.92 bits per heavy atom. The first-order valence-electron chi connectivity index (χ1n) is 4.18. The van der Waals surface area contributed by atoms with E-state index >= 15 is 0 Å². The molecule has 0 aliphatic heterocycles. The summed E-state index contributed by atoms with van der Waals surface area (Å²) in [6, 6.07) is 5.95. The summed E-state index contributed by atoms with van der Waals surface area (Å²) in [7, 11) is 0. The van der Waals surface area contributed by atoms with Crippen LogP contribution in [-0.2, 0) is 6.42 Å². The predicted octanol–water partition coefficient (Wildman–Crippen LogP) is 3.70. The van der Waals surface area contributed by atoms with Crippen LogP contribution in [0, 0.1) is 0 Å². The lowest BCUT2D eigenvalue weighted by atomic mass is 10.1. The molecule has 2 rings (SSSR count). The first kappa shape index (κ1) is 8.85. The Labute approximate surface area is 86.1 Å². The van der Waals surface area contributed by atoms with Gasteiger partial charge in [-0.2, -0.15) is 0 Å². The van der Waals surface area contributed by atoms with Crippen molar-refractivity contribution in [1.29, 1.82) is 0 Å². The molecular weight excluding hydrogens is 202 g/mol. The number of anilines is 1. The van der Waals surface area contributed by atoms with Gasteiger partial charge >= 0.3 is 0 Å². The molecule has 0 aliphatic carbocycles. The monoisotopic (exact) mass is 211 g/mol. The molecule has 0 amide bonds. The second-order valence-electron chi connectivity index (χ2n) is 2.95. The zero-order chi connectivity index (χ0) is 9.42. The number of fused-ring (bicyclic) bond motifs is 1. The summed E-state index contributed by atoms with van der Waals surface area (Å²) in [6.07, 6.45) is 0.954. The molecule has 1 aromatic carbocycles. The SMILES string of the molecule is CCc1c(Cl)ccc2cc(N)sc12. The molecular formula is C10H10ClNS. The molecule has 0 saturated carbocycles. The van der Waals surface area contributed by atoms with Gasteiger partial charge in [-0.25, -0.2) is 0 Å². The molecule has 0 spiro atoms. The zero-order valence-corrected chi connectivity index (χ0v) is 8.88. The lowest BCUT2D eigenvalue weighted by Gasteiger charge is -2.01. The summed E-state index contributed by atoms with van der Waals surface area (Å²) in [6.45, 7) is 2.11. The van der Waals surface area contributed by atoms with Crippen LogP contribution in [0.25, 0.3) is 10.1 Å². The third-order valence-corrected chi connectivity index (χ3v) is 3.50. The van der Waals surface area contributed by atoms with Gasteiger partial charge in [-0.05, 0) is 29.5 Å². The summed E-state index contributed by atoms with van der Waals surface area (Å²) in [5.74, 6) is 0. The summed E-state index contributed by atoms with van der Waals surface area (Å²) >= 11 is 7.69. The minimum Gasteiger partial charge on any atom is -0.391 e. The average Bonchev–Trinajstić information content (AvgIpc) is 2.45. The first-order valence-corrected chi connectivity index (χ1v) is 5.38. The maximum atomic E-state index is 6.08. The molecule has 0 atom stereocenters. The standard InChI is InChI=1S/C10H10ClNS/c1-2-7-8(11)4-3-6-5-9(12)13-10(6)7/h3-5H,2,12H2,1H3. The van der Waals surface area contributed by atoms with Crippen LogP contribution < -0.4 is 5.73 Å². The molecule has 0 bridgehead atoms. The fourth-order valence-corrected chi connectivity index (χ4v) is 2.88. The van der Waals surface area contributed by atoms with Gasteiger partial charge in [-0.3, -0.25) is 0 Å². The van der Waals surface area contributed by atoms with Crippen LogP contribution in [0.5, 0.6) is 0 Å². The molecule has 1 nitrogen and oxygen atoms in total. The van der Waals surface area contributed by atoms with E-state index in [9.17, 15) is 0 Å². The minimum atomic E-state index is 0.844. The smallest absolute Gasteiger partial charge is 0.0868 e. The lowest BCUT2D eigenvalue weighted by Crippen LogP contribution is -1.81. The molecule has 0 fully saturated rings. The van der Waals surface area contributed by atoms with Crippen molar-refractivity contribution in [3.8, 4) is 0 Å². The topological polar surface area (TPSA) is 26.0 Å². The molecule has 1 heterocycles. The third-order valence-electron chi connectivity index (χ3n) is 2.11. The number of nitrogens with two attached hydrogens (primary N) is 1. The lowest BCUT2D eigenvalue weighted by molar-refractivity contribution is 1.16. The van der Waals surface area contributed by atoms with Gasteiger partial charge in [0.15, 0.2) is 0 Å². The summed E-state index contributed by atoms with van der Waals surface area (Å²) < 4.78 is 1.23. The number of thiophene rings is 1. The Hall–Kier alpha value is -0.730. The molecule has 0 unspecified atom stereocenters. The van der Waals surface area contributed by atoms with Gasteiger partial charge in [0.25, 0.3) is 0 Å². The van der Waals surface area contributed by atoms with Crippen LogP contribution >= 0.6 is 22.9 Å². The molecule has 2 N–H and O–H groups in total. The second-order valence-corrected chi connectivity index (χ2v) is 4.44. The summed E-state index contributed by atoms with van der Waals surface area (Å²) in [5.41, 5.74) is 6.95. The molecule has 68 valence electrons. The Morgan fingerprint density at radius 1 is 1.46 bits per heavy atom. The number of aryl methyl sites for hydroxylation is 1. The fourth-order valence-electron chi connectivity index (χ4n) is 1.49. The van der Waals surface area contributed by atoms with Crippen molar-refractivity contribution in [3.63, 3.8) is 0 Å². The number of halogens is 1. The molecule has 0 radical (unpaired) electrons. The molecule has 13 heavy (non-hydrogen) atoms. The second kappa shape index (κ2) is 3.20. The average molecular weight is 212 g/mol. The van der Waals surface area contributed by atoms with E-state index in [4.69, 9.17) is 17.3 Å². The van der Waals surface area contributed by atoms with Crippen LogP contribution in [0.1, 0.15) is 12.5 Å². The highest BCUT2D eigenvalue weighted by Gasteiger charge is 2.06. The quantitative estimate of drug-likeness (QED) is 0.765. The van der Waals surface area contributed by atoms with Crippen molar-refractivity contribution in [1.82, 2.24) is 0 Å².